The van der Waals surface area contributed by atoms with Gasteiger partial charge in [-0.05, 0) is 54.1 Å². The standard InChI is InChI=1S/C26H29FN4O4S/c1-29(2)36(33,34)31(25-6-4-3-5-24(25)27)19-20-7-9-21(10-8-20)26(32)28-22-11-13-23(14-12-22)30-15-17-35-18-16-30/h3-14H,15-19H2,1-2H3,(H,28,32). The Morgan fingerprint density at radius 3 is 2.22 bits per heavy atom. The first-order valence-corrected chi connectivity index (χ1v) is 12.9. The van der Waals surface area contributed by atoms with Crippen molar-refractivity contribution < 1.29 is 22.3 Å². The molecule has 36 heavy (non-hydrogen) atoms. The van der Waals surface area contributed by atoms with Gasteiger partial charge >= 0.3 is 10.2 Å². The number of hydrogen-bond acceptors (Lipinski definition) is 5. The maximum atomic E-state index is 14.5. The largest absolute Gasteiger partial charge is 0.378 e. The average molecular weight is 513 g/mol. The number of para-hydroxylation sites is 1. The predicted octanol–water partition coefficient (Wildman–Crippen LogP) is 3.73. The first kappa shape index (κ1) is 25.6. The molecule has 0 radical (unpaired) electrons. The van der Waals surface area contributed by atoms with Gasteiger partial charge in [-0.1, -0.05) is 24.3 Å². The summed E-state index contributed by atoms with van der Waals surface area (Å²) in [6.07, 6.45) is 0. The number of amides is 1. The van der Waals surface area contributed by atoms with Gasteiger partial charge in [-0.2, -0.15) is 12.7 Å². The van der Waals surface area contributed by atoms with Crippen molar-refractivity contribution in [2.24, 2.45) is 0 Å². The lowest BCUT2D eigenvalue weighted by Gasteiger charge is -2.28. The molecule has 1 aliphatic heterocycles. The van der Waals surface area contributed by atoms with Crippen molar-refractivity contribution in [2.75, 3.05) is 54.9 Å². The highest BCUT2D eigenvalue weighted by molar-refractivity contribution is 7.90. The molecule has 4 rings (SSSR count). The van der Waals surface area contributed by atoms with Crippen LogP contribution in [0.5, 0.6) is 0 Å². The normalized spacial score (nSPS) is 14.1. The average Bonchev–Trinajstić information content (AvgIpc) is 2.89. The maximum Gasteiger partial charge on any atom is 0.303 e. The minimum absolute atomic E-state index is 0.0476. The fraction of sp³-hybridized carbons (Fsp3) is 0.269. The van der Waals surface area contributed by atoms with E-state index in [0.717, 1.165) is 27.4 Å². The molecule has 0 spiro atoms. The molecule has 1 fully saturated rings. The van der Waals surface area contributed by atoms with Crippen molar-refractivity contribution in [1.29, 1.82) is 0 Å². The monoisotopic (exact) mass is 512 g/mol. The Balaban J connectivity index is 1.45. The summed E-state index contributed by atoms with van der Waals surface area (Å²) >= 11 is 0. The van der Waals surface area contributed by atoms with E-state index in [2.05, 4.69) is 10.2 Å². The van der Waals surface area contributed by atoms with Gasteiger partial charge in [0.25, 0.3) is 5.91 Å². The van der Waals surface area contributed by atoms with E-state index in [4.69, 9.17) is 4.74 Å². The van der Waals surface area contributed by atoms with Gasteiger partial charge in [0.05, 0.1) is 25.4 Å². The molecule has 3 aromatic rings. The van der Waals surface area contributed by atoms with Crippen LogP contribution in [-0.2, 0) is 21.5 Å². The highest BCUT2D eigenvalue weighted by atomic mass is 32.2. The summed E-state index contributed by atoms with van der Waals surface area (Å²) in [7, 11) is -1.17. The molecule has 0 saturated carbocycles. The zero-order valence-electron chi connectivity index (χ0n) is 20.2. The van der Waals surface area contributed by atoms with Gasteiger partial charge < -0.3 is 15.0 Å². The van der Waals surface area contributed by atoms with E-state index in [1.54, 1.807) is 30.3 Å². The number of carbonyl (C=O) groups excluding carboxylic acids is 1. The summed E-state index contributed by atoms with van der Waals surface area (Å²) in [4.78, 5) is 15.0. The number of carbonyl (C=O) groups is 1. The van der Waals surface area contributed by atoms with E-state index in [9.17, 15) is 17.6 Å². The third-order valence-corrected chi connectivity index (χ3v) is 7.71. The van der Waals surface area contributed by atoms with Crippen LogP contribution < -0.4 is 14.5 Å². The van der Waals surface area contributed by atoms with Crippen molar-refractivity contribution >= 4 is 33.2 Å². The molecule has 1 saturated heterocycles. The molecule has 10 heteroatoms. The van der Waals surface area contributed by atoms with Crippen LogP contribution in [0.2, 0.25) is 0 Å². The molecule has 0 aromatic heterocycles. The summed E-state index contributed by atoms with van der Waals surface area (Å²) in [5.41, 5.74) is 2.73. The van der Waals surface area contributed by atoms with Crippen LogP contribution in [0.4, 0.5) is 21.5 Å². The number of nitrogens with one attached hydrogen (secondary N) is 1. The predicted molar refractivity (Wildman–Crippen MR) is 139 cm³/mol. The van der Waals surface area contributed by atoms with Gasteiger partial charge in [0.2, 0.25) is 0 Å². The Morgan fingerprint density at radius 1 is 0.972 bits per heavy atom. The molecule has 1 amide bonds. The molecule has 0 unspecified atom stereocenters. The van der Waals surface area contributed by atoms with Crippen LogP contribution in [0.15, 0.2) is 72.8 Å². The Labute approximate surface area is 211 Å². The van der Waals surface area contributed by atoms with Crippen molar-refractivity contribution in [3.63, 3.8) is 0 Å². The number of benzene rings is 3. The molecule has 0 aliphatic carbocycles. The minimum atomic E-state index is -3.95. The SMILES string of the molecule is CN(C)S(=O)(=O)N(Cc1ccc(C(=O)Nc2ccc(N3CCOCC3)cc2)cc1)c1ccccc1F. The zero-order valence-corrected chi connectivity index (χ0v) is 21.0. The second kappa shape index (κ2) is 11.1. The van der Waals surface area contributed by atoms with E-state index in [1.165, 1.54) is 32.3 Å². The smallest absolute Gasteiger partial charge is 0.303 e. The summed E-state index contributed by atoms with van der Waals surface area (Å²) < 4.78 is 47.7. The summed E-state index contributed by atoms with van der Waals surface area (Å²) in [5, 5.41) is 2.88. The van der Waals surface area contributed by atoms with Gasteiger partial charge in [-0.15, -0.1) is 0 Å². The van der Waals surface area contributed by atoms with Crippen LogP contribution in [-0.4, -0.2) is 59.0 Å². The number of rotatable bonds is 8. The van der Waals surface area contributed by atoms with Crippen LogP contribution in [0.3, 0.4) is 0 Å². The van der Waals surface area contributed by atoms with E-state index in [0.29, 0.717) is 30.0 Å². The first-order chi connectivity index (χ1) is 17.3. The first-order valence-electron chi connectivity index (χ1n) is 11.5. The summed E-state index contributed by atoms with van der Waals surface area (Å²) in [5.74, 6) is -0.925. The zero-order chi connectivity index (χ0) is 25.7. The second-order valence-electron chi connectivity index (χ2n) is 8.55. The van der Waals surface area contributed by atoms with E-state index >= 15 is 0 Å². The lowest BCUT2D eigenvalue weighted by Crippen LogP contribution is -2.40. The molecular weight excluding hydrogens is 483 g/mol. The molecule has 190 valence electrons. The van der Waals surface area contributed by atoms with Gasteiger partial charge in [0, 0.05) is 44.1 Å². The minimum Gasteiger partial charge on any atom is -0.378 e. The Kier molecular flexibility index (Phi) is 7.88. The third-order valence-electron chi connectivity index (χ3n) is 5.90. The fourth-order valence-corrected chi connectivity index (χ4v) is 4.95. The molecule has 0 atom stereocenters. The number of halogens is 1. The number of anilines is 3. The van der Waals surface area contributed by atoms with E-state index in [-0.39, 0.29) is 18.1 Å². The third kappa shape index (κ3) is 5.84. The molecule has 0 bridgehead atoms. The Morgan fingerprint density at radius 2 is 1.61 bits per heavy atom. The number of morpholine rings is 1. The van der Waals surface area contributed by atoms with E-state index in [1.807, 2.05) is 24.3 Å². The van der Waals surface area contributed by atoms with E-state index < -0.39 is 16.0 Å². The van der Waals surface area contributed by atoms with Crippen molar-refractivity contribution in [3.8, 4) is 0 Å². The van der Waals surface area contributed by atoms with Gasteiger partial charge in [0.15, 0.2) is 0 Å². The highest BCUT2D eigenvalue weighted by Gasteiger charge is 2.27. The number of ether oxygens (including phenoxy) is 1. The fourth-order valence-electron chi connectivity index (χ4n) is 3.85. The van der Waals surface area contributed by atoms with Gasteiger partial charge in [-0.3, -0.25) is 9.10 Å². The van der Waals surface area contributed by atoms with Gasteiger partial charge in [-0.25, -0.2) is 4.39 Å². The quantitative estimate of drug-likeness (QED) is 0.498. The molecular formula is C26H29FN4O4S. The summed E-state index contributed by atoms with van der Waals surface area (Å²) in [6, 6.07) is 19.9. The van der Waals surface area contributed by atoms with Crippen LogP contribution in [0, 0.1) is 5.82 Å². The second-order valence-corrected chi connectivity index (χ2v) is 10.6. The molecule has 1 heterocycles. The van der Waals surface area contributed by atoms with Crippen molar-refractivity contribution in [1.82, 2.24) is 4.31 Å². The molecule has 1 N–H and O–H groups in total. The van der Waals surface area contributed by atoms with Gasteiger partial charge in [0.1, 0.15) is 5.82 Å². The van der Waals surface area contributed by atoms with Crippen LogP contribution in [0.1, 0.15) is 15.9 Å². The molecule has 8 nitrogen and oxygen atoms in total. The lowest BCUT2D eigenvalue weighted by atomic mass is 10.1. The van der Waals surface area contributed by atoms with Crippen molar-refractivity contribution in [3.05, 3.63) is 89.7 Å². The molecule has 3 aromatic carbocycles. The molecule has 1 aliphatic rings. The topological polar surface area (TPSA) is 82.2 Å². The van der Waals surface area contributed by atoms with Crippen molar-refractivity contribution in [2.45, 2.75) is 6.54 Å². The van der Waals surface area contributed by atoms with Crippen LogP contribution in [0.25, 0.3) is 0 Å². The summed E-state index contributed by atoms with van der Waals surface area (Å²) in [6.45, 7) is 2.98. The maximum absolute atomic E-state index is 14.5. The lowest BCUT2D eigenvalue weighted by molar-refractivity contribution is 0.102. The number of nitrogens with zero attached hydrogens (tertiary/aromatic N) is 3. The number of hydrogen-bond donors (Lipinski definition) is 1. The Hall–Kier alpha value is -3.47. The Bertz CT molecular complexity index is 1290. The van der Waals surface area contributed by atoms with Crippen LogP contribution >= 0.6 is 0 Å². The highest BCUT2D eigenvalue weighted by Crippen LogP contribution is 2.26.